The minimum atomic E-state index is -4.60. The van der Waals surface area contributed by atoms with E-state index in [2.05, 4.69) is 30.6 Å². The van der Waals surface area contributed by atoms with Gasteiger partial charge in [-0.25, -0.2) is 4.98 Å². The monoisotopic (exact) mass is 382 g/mol. The van der Waals surface area contributed by atoms with Crippen molar-refractivity contribution < 1.29 is 23.1 Å². The van der Waals surface area contributed by atoms with Crippen LogP contribution < -0.4 is 10.6 Å². The van der Waals surface area contributed by atoms with Crippen LogP contribution in [0.5, 0.6) is 0 Å². The lowest BCUT2D eigenvalue weighted by Gasteiger charge is -2.14. The van der Waals surface area contributed by atoms with Crippen molar-refractivity contribution in [3.63, 3.8) is 0 Å². The van der Waals surface area contributed by atoms with E-state index in [0.29, 0.717) is 5.92 Å². The van der Waals surface area contributed by atoms with Crippen molar-refractivity contribution >= 4 is 17.9 Å². The number of halogens is 3. The number of hydrogen-bond donors (Lipinski definition) is 3. The molecular formula is C16H17F3N6O2. The van der Waals surface area contributed by atoms with Gasteiger partial charge >= 0.3 is 12.1 Å². The second kappa shape index (κ2) is 7.33. The SMILES string of the molecule is CC(Nc1nc(NCC(=O)O)nc(-c2cccc(C(F)(F)F)n2)n1)C1CC1. The number of alkyl halides is 3. The Labute approximate surface area is 152 Å². The average molecular weight is 382 g/mol. The van der Waals surface area contributed by atoms with E-state index in [1.807, 2.05) is 6.92 Å². The van der Waals surface area contributed by atoms with Crippen LogP contribution in [0, 0.1) is 5.92 Å². The van der Waals surface area contributed by atoms with Gasteiger partial charge in [-0.2, -0.15) is 28.1 Å². The Morgan fingerprint density at radius 2 is 1.93 bits per heavy atom. The van der Waals surface area contributed by atoms with E-state index in [1.54, 1.807) is 0 Å². The first kappa shape index (κ1) is 18.8. The van der Waals surface area contributed by atoms with E-state index in [-0.39, 0.29) is 29.5 Å². The van der Waals surface area contributed by atoms with Gasteiger partial charge in [0.2, 0.25) is 11.9 Å². The number of carbonyl (C=O) groups is 1. The topological polar surface area (TPSA) is 113 Å². The standard InChI is InChI=1S/C16H17F3N6O2/c1-8(9-5-6-9)21-15-24-13(23-14(25-15)20-7-12(26)27)10-3-2-4-11(22-10)16(17,18)19/h2-4,8-9H,5-7H2,1H3,(H,26,27)(H2,20,21,23,24,25). The minimum absolute atomic E-state index is 0.0629. The van der Waals surface area contributed by atoms with Crippen LogP contribution in [0.15, 0.2) is 18.2 Å². The van der Waals surface area contributed by atoms with Crippen molar-refractivity contribution in [1.29, 1.82) is 0 Å². The highest BCUT2D eigenvalue weighted by atomic mass is 19.4. The summed E-state index contributed by atoms with van der Waals surface area (Å²) in [4.78, 5) is 26.6. The maximum Gasteiger partial charge on any atom is 0.433 e. The molecule has 1 unspecified atom stereocenters. The molecule has 8 nitrogen and oxygen atoms in total. The average Bonchev–Trinajstić information content (AvgIpc) is 3.44. The third-order valence-corrected chi connectivity index (χ3v) is 3.99. The molecule has 0 aliphatic heterocycles. The quantitative estimate of drug-likeness (QED) is 0.670. The molecule has 1 atom stereocenters. The molecule has 27 heavy (non-hydrogen) atoms. The molecule has 0 spiro atoms. The highest BCUT2D eigenvalue weighted by molar-refractivity contribution is 5.72. The molecule has 0 aromatic carbocycles. The molecule has 0 bridgehead atoms. The molecule has 0 saturated heterocycles. The number of aliphatic carboxylic acids is 1. The van der Waals surface area contributed by atoms with Crippen LogP contribution in [0.2, 0.25) is 0 Å². The van der Waals surface area contributed by atoms with Crippen LogP contribution in [-0.2, 0) is 11.0 Å². The molecule has 1 aliphatic carbocycles. The van der Waals surface area contributed by atoms with Crippen molar-refractivity contribution in [3.05, 3.63) is 23.9 Å². The number of aromatic nitrogens is 4. The number of carboxylic acid groups (broad SMARTS) is 1. The Bertz CT molecular complexity index is 841. The number of pyridine rings is 1. The number of carboxylic acids is 1. The zero-order chi connectivity index (χ0) is 19.6. The predicted octanol–water partition coefficient (Wildman–Crippen LogP) is 2.66. The lowest BCUT2D eigenvalue weighted by atomic mass is 10.2. The highest BCUT2D eigenvalue weighted by Gasteiger charge is 2.33. The minimum Gasteiger partial charge on any atom is -0.480 e. The number of nitrogens with one attached hydrogen (secondary N) is 2. The first-order valence-corrected chi connectivity index (χ1v) is 8.25. The Morgan fingerprint density at radius 1 is 1.22 bits per heavy atom. The summed E-state index contributed by atoms with van der Waals surface area (Å²) in [6, 6.07) is 3.48. The molecule has 11 heteroatoms. The second-order valence-corrected chi connectivity index (χ2v) is 6.23. The fourth-order valence-corrected chi connectivity index (χ4v) is 2.42. The number of anilines is 2. The van der Waals surface area contributed by atoms with Crippen LogP contribution in [0.4, 0.5) is 25.1 Å². The first-order chi connectivity index (χ1) is 12.7. The molecule has 1 fully saturated rings. The number of rotatable bonds is 7. The van der Waals surface area contributed by atoms with Crippen LogP contribution in [0.25, 0.3) is 11.5 Å². The Kier molecular flexibility index (Phi) is 5.10. The third-order valence-electron chi connectivity index (χ3n) is 3.99. The van der Waals surface area contributed by atoms with Crippen LogP contribution in [-0.4, -0.2) is 43.6 Å². The summed E-state index contributed by atoms with van der Waals surface area (Å²) in [7, 11) is 0. The van der Waals surface area contributed by atoms with Gasteiger partial charge in [0.05, 0.1) is 0 Å². The van der Waals surface area contributed by atoms with Gasteiger partial charge in [0, 0.05) is 6.04 Å². The third kappa shape index (κ3) is 5.02. The van der Waals surface area contributed by atoms with E-state index in [1.165, 1.54) is 12.1 Å². The molecule has 0 radical (unpaired) electrons. The molecule has 1 saturated carbocycles. The fraction of sp³-hybridized carbons (Fsp3) is 0.438. The summed E-state index contributed by atoms with van der Waals surface area (Å²) >= 11 is 0. The van der Waals surface area contributed by atoms with E-state index in [4.69, 9.17) is 5.11 Å². The molecule has 3 N–H and O–H groups in total. The molecule has 144 valence electrons. The molecule has 0 amide bonds. The van der Waals surface area contributed by atoms with Gasteiger partial charge in [0.1, 0.15) is 17.9 Å². The summed E-state index contributed by atoms with van der Waals surface area (Å²) in [6.45, 7) is 1.51. The van der Waals surface area contributed by atoms with Crippen molar-refractivity contribution in [3.8, 4) is 11.5 Å². The lowest BCUT2D eigenvalue weighted by Crippen LogP contribution is -2.21. The van der Waals surface area contributed by atoms with Crippen molar-refractivity contribution in [1.82, 2.24) is 19.9 Å². The van der Waals surface area contributed by atoms with Crippen molar-refractivity contribution in [2.75, 3.05) is 17.2 Å². The number of nitrogens with zero attached hydrogens (tertiary/aromatic N) is 4. The summed E-state index contributed by atoms with van der Waals surface area (Å²) in [6.07, 6.45) is -2.45. The van der Waals surface area contributed by atoms with Crippen LogP contribution in [0.1, 0.15) is 25.5 Å². The molecule has 3 rings (SSSR count). The van der Waals surface area contributed by atoms with E-state index in [0.717, 1.165) is 18.9 Å². The second-order valence-electron chi connectivity index (χ2n) is 6.23. The van der Waals surface area contributed by atoms with E-state index < -0.39 is 24.4 Å². The van der Waals surface area contributed by atoms with Crippen molar-refractivity contribution in [2.45, 2.75) is 32.0 Å². The van der Waals surface area contributed by atoms with Gasteiger partial charge < -0.3 is 15.7 Å². The van der Waals surface area contributed by atoms with Gasteiger partial charge in [0.15, 0.2) is 5.82 Å². The van der Waals surface area contributed by atoms with E-state index in [9.17, 15) is 18.0 Å². The van der Waals surface area contributed by atoms with Crippen molar-refractivity contribution in [2.24, 2.45) is 5.92 Å². The van der Waals surface area contributed by atoms with Gasteiger partial charge in [-0.3, -0.25) is 4.79 Å². The summed E-state index contributed by atoms with van der Waals surface area (Å²) in [5.74, 6) is -0.657. The predicted molar refractivity (Wildman–Crippen MR) is 90.0 cm³/mol. The maximum absolute atomic E-state index is 12.9. The zero-order valence-corrected chi connectivity index (χ0v) is 14.3. The van der Waals surface area contributed by atoms with Gasteiger partial charge in [0.25, 0.3) is 0 Å². The zero-order valence-electron chi connectivity index (χ0n) is 14.3. The maximum atomic E-state index is 12.9. The molecule has 2 aromatic heterocycles. The van der Waals surface area contributed by atoms with Crippen LogP contribution in [0.3, 0.4) is 0 Å². The first-order valence-electron chi connectivity index (χ1n) is 8.25. The van der Waals surface area contributed by atoms with Gasteiger partial charge in [-0.1, -0.05) is 6.07 Å². The fourth-order valence-electron chi connectivity index (χ4n) is 2.42. The van der Waals surface area contributed by atoms with Gasteiger partial charge in [-0.15, -0.1) is 0 Å². The highest BCUT2D eigenvalue weighted by Crippen LogP contribution is 2.34. The number of hydrogen-bond acceptors (Lipinski definition) is 7. The Balaban J connectivity index is 1.94. The molecular weight excluding hydrogens is 365 g/mol. The summed E-state index contributed by atoms with van der Waals surface area (Å²) in [5.41, 5.74) is -1.16. The Hall–Kier alpha value is -2.98. The molecule has 2 heterocycles. The normalized spacial score (nSPS) is 15.3. The molecule has 2 aromatic rings. The molecule has 1 aliphatic rings. The van der Waals surface area contributed by atoms with E-state index >= 15 is 0 Å². The lowest BCUT2D eigenvalue weighted by molar-refractivity contribution is -0.141. The van der Waals surface area contributed by atoms with Gasteiger partial charge in [-0.05, 0) is 37.8 Å². The summed E-state index contributed by atoms with van der Waals surface area (Å²) in [5, 5.41) is 14.4. The largest absolute Gasteiger partial charge is 0.480 e. The smallest absolute Gasteiger partial charge is 0.433 e. The van der Waals surface area contributed by atoms with Crippen LogP contribution >= 0.6 is 0 Å². The Morgan fingerprint density at radius 3 is 2.56 bits per heavy atom. The summed E-state index contributed by atoms with van der Waals surface area (Å²) < 4.78 is 38.7.